The minimum atomic E-state index is -0.810. The lowest BCUT2D eigenvalue weighted by Gasteiger charge is -2.15. The van der Waals surface area contributed by atoms with Crippen LogP contribution < -0.4 is 0 Å². The van der Waals surface area contributed by atoms with Gasteiger partial charge in [-0.3, -0.25) is 9.59 Å². The Morgan fingerprint density at radius 3 is 1.44 bits per heavy atom. The summed E-state index contributed by atoms with van der Waals surface area (Å²) in [6.07, 6.45) is 52.2. The first kappa shape index (κ1) is 45.1. The summed E-state index contributed by atoms with van der Waals surface area (Å²) in [5, 5.41) is 9.53. The molecule has 0 aromatic rings. The Balaban J connectivity index is 3.74. The zero-order valence-corrected chi connectivity index (χ0v) is 30.7. The second-order valence-electron chi connectivity index (χ2n) is 12.3. The van der Waals surface area contributed by atoms with E-state index in [0.29, 0.717) is 12.8 Å². The van der Waals surface area contributed by atoms with Crippen LogP contribution in [0.2, 0.25) is 0 Å². The molecule has 5 heteroatoms. The topological polar surface area (TPSA) is 72.8 Å². The van der Waals surface area contributed by atoms with Crippen LogP contribution >= 0.6 is 0 Å². The van der Waals surface area contributed by atoms with Crippen molar-refractivity contribution in [2.75, 3.05) is 13.2 Å². The van der Waals surface area contributed by atoms with E-state index in [-0.39, 0.29) is 31.6 Å². The first-order chi connectivity index (χ1) is 23.6. The summed E-state index contributed by atoms with van der Waals surface area (Å²) in [5.74, 6) is -0.706. The number of ether oxygens (including phenoxy) is 2. The molecule has 0 aliphatic heterocycles. The fourth-order valence-corrected chi connectivity index (χ4v) is 4.81. The number of hydrogen-bond acceptors (Lipinski definition) is 5. The van der Waals surface area contributed by atoms with Crippen molar-refractivity contribution in [3.05, 3.63) is 85.1 Å². The fraction of sp³-hybridized carbons (Fsp3) is 0.628. The van der Waals surface area contributed by atoms with E-state index in [1.54, 1.807) is 0 Å². The summed E-state index contributed by atoms with van der Waals surface area (Å²) in [4.78, 5) is 24.2. The van der Waals surface area contributed by atoms with Gasteiger partial charge in [-0.1, -0.05) is 150 Å². The van der Waals surface area contributed by atoms with Gasteiger partial charge in [0.1, 0.15) is 6.61 Å². The molecule has 48 heavy (non-hydrogen) atoms. The largest absolute Gasteiger partial charge is 0.462 e. The van der Waals surface area contributed by atoms with Crippen LogP contribution in [0.25, 0.3) is 0 Å². The highest BCUT2D eigenvalue weighted by atomic mass is 16.6. The molecule has 0 saturated heterocycles. The zero-order chi connectivity index (χ0) is 35.0. The molecule has 272 valence electrons. The fourth-order valence-electron chi connectivity index (χ4n) is 4.81. The number of carbonyl (C=O) groups is 2. The van der Waals surface area contributed by atoms with E-state index < -0.39 is 6.10 Å². The molecule has 0 unspecified atom stereocenters. The molecule has 0 aromatic heterocycles. The average molecular weight is 667 g/mol. The van der Waals surface area contributed by atoms with Crippen LogP contribution in [0.15, 0.2) is 85.1 Å². The lowest BCUT2D eigenvalue weighted by molar-refractivity contribution is -0.161. The van der Waals surface area contributed by atoms with Gasteiger partial charge in [-0.05, 0) is 77.0 Å². The molecule has 0 rings (SSSR count). The number of hydrogen-bond donors (Lipinski definition) is 1. The van der Waals surface area contributed by atoms with E-state index in [9.17, 15) is 14.7 Å². The van der Waals surface area contributed by atoms with Crippen molar-refractivity contribution in [1.29, 1.82) is 0 Å². The van der Waals surface area contributed by atoms with Crippen molar-refractivity contribution >= 4 is 11.9 Å². The molecular formula is C43H70O5. The first-order valence-electron chi connectivity index (χ1n) is 19.1. The van der Waals surface area contributed by atoms with Gasteiger partial charge in [0.2, 0.25) is 0 Å². The van der Waals surface area contributed by atoms with Crippen LogP contribution in [0.1, 0.15) is 155 Å². The Morgan fingerprint density at radius 1 is 0.500 bits per heavy atom. The van der Waals surface area contributed by atoms with E-state index >= 15 is 0 Å². The van der Waals surface area contributed by atoms with E-state index in [1.165, 1.54) is 57.8 Å². The SMILES string of the molecule is CC/C=C\C/C=C\C/C=C\C/C=C\C/C=C\C/C=C\CCC(=O)OC[C@H](CO)OC(=O)CCCCCCC/C=C\CCCCCCCC. The molecule has 0 aliphatic carbocycles. The number of esters is 2. The highest BCUT2D eigenvalue weighted by Crippen LogP contribution is 2.11. The van der Waals surface area contributed by atoms with Crippen LogP contribution in [-0.4, -0.2) is 36.4 Å². The normalized spacial score (nSPS) is 13.1. The summed E-state index contributed by atoms with van der Waals surface area (Å²) in [6.45, 7) is 3.92. The minimum Gasteiger partial charge on any atom is -0.462 e. The predicted octanol–water partition coefficient (Wildman–Crippen LogP) is 11.9. The summed E-state index contributed by atoms with van der Waals surface area (Å²) < 4.78 is 10.5. The van der Waals surface area contributed by atoms with Gasteiger partial charge in [-0.15, -0.1) is 0 Å². The molecule has 0 heterocycles. The molecule has 1 N–H and O–H groups in total. The molecule has 0 spiro atoms. The lowest BCUT2D eigenvalue weighted by atomic mass is 10.1. The molecule has 0 fully saturated rings. The van der Waals surface area contributed by atoms with Crippen molar-refractivity contribution in [1.82, 2.24) is 0 Å². The number of allylic oxidation sites excluding steroid dienone is 14. The Bertz CT molecular complexity index is 937. The van der Waals surface area contributed by atoms with Crippen molar-refractivity contribution in [2.24, 2.45) is 0 Å². The molecule has 0 saturated carbocycles. The molecule has 0 amide bonds. The van der Waals surface area contributed by atoms with Gasteiger partial charge in [0.15, 0.2) is 6.10 Å². The molecule has 0 aliphatic rings. The maximum absolute atomic E-state index is 12.1. The maximum atomic E-state index is 12.1. The average Bonchev–Trinajstić information content (AvgIpc) is 3.09. The van der Waals surface area contributed by atoms with E-state index in [2.05, 4.69) is 86.8 Å². The van der Waals surface area contributed by atoms with Crippen molar-refractivity contribution in [3.63, 3.8) is 0 Å². The number of rotatable bonds is 33. The molecule has 0 radical (unpaired) electrons. The van der Waals surface area contributed by atoms with E-state index in [0.717, 1.165) is 64.2 Å². The number of carbonyl (C=O) groups excluding carboxylic acids is 2. The van der Waals surface area contributed by atoms with Gasteiger partial charge < -0.3 is 14.6 Å². The van der Waals surface area contributed by atoms with Crippen molar-refractivity contribution < 1.29 is 24.2 Å². The van der Waals surface area contributed by atoms with Crippen LogP contribution in [0, 0.1) is 0 Å². The van der Waals surface area contributed by atoms with Gasteiger partial charge in [-0.25, -0.2) is 0 Å². The smallest absolute Gasteiger partial charge is 0.306 e. The third-order valence-electron chi connectivity index (χ3n) is 7.69. The highest BCUT2D eigenvalue weighted by Gasteiger charge is 2.15. The Hall–Kier alpha value is -2.92. The van der Waals surface area contributed by atoms with Crippen LogP contribution in [0.4, 0.5) is 0 Å². The lowest BCUT2D eigenvalue weighted by Crippen LogP contribution is -2.28. The third kappa shape index (κ3) is 35.9. The monoisotopic (exact) mass is 667 g/mol. The maximum Gasteiger partial charge on any atom is 0.306 e. The Kier molecular flexibility index (Phi) is 36.2. The highest BCUT2D eigenvalue weighted by molar-refractivity contribution is 5.70. The molecule has 0 bridgehead atoms. The first-order valence-corrected chi connectivity index (χ1v) is 19.1. The number of unbranched alkanes of at least 4 members (excludes halogenated alkanes) is 11. The Labute approximate surface area is 295 Å². The molecular weight excluding hydrogens is 596 g/mol. The number of aliphatic hydroxyl groups excluding tert-OH is 1. The van der Waals surface area contributed by atoms with Gasteiger partial charge in [-0.2, -0.15) is 0 Å². The summed E-state index contributed by atoms with van der Waals surface area (Å²) in [6, 6.07) is 0. The van der Waals surface area contributed by atoms with Crippen LogP contribution in [0.3, 0.4) is 0 Å². The van der Waals surface area contributed by atoms with E-state index in [4.69, 9.17) is 9.47 Å². The third-order valence-corrected chi connectivity index (χ3v) is 7.69. The number of aliphatic hydroxyl groups is 1. The van der Waals surface area contributed by atoms with Crippen molar-refractivity contribution in [2.45, 2.75) is 161 Å². The standard InChI is InChI=1S/C43H70O5/c1-3-5-7-9-11-13-15-17-19-20-21-22-24-25-27-29-31-33-35-37-42(45)47-40-41(39-44)48-43(46)38-36-34-32-30-28-26-23-18-16-14-12-10-8-6-4-2/h5,7,11,13,17-19,21-23,25,27,31,33,41,44H,3-4,6,8-10,12,14-16,20,24,26,28-30,32,34-40H2,1-2H3/b7-5-,13-11-,19-17-,22-21-,23-18-,27-25-,33-31-/t41-/m0/s1. The summed E-state index contributed by atoms with van der Waals surface area (Å²) in [7, 11) is 0. The van der Waals surface area contributed by atoms with Gasteiger partial charge in [0.05, 0.1) is 6.61 Å². The summed E-state index contributed by atoms with van der Waals surface area (Å²) in [5.41, 5.74) is 0. The van der Waals surface area contributed by atoms with Crippen LogP contribution in [0.5, 0.6) is 0 Å². The predicted molar refractivity (Wildman–Crippen MR) is 205 cm³/mol. The van der Waals surface area contributed by atoms with Crippen LogP contribution in [-0.2, 0) is 19.1 Å². The van der Waals surface area contributed by atoms with Gasteiger partial charge in [0.25, 0.3) is 0 Å². The Morgan fingerprint density at radius 2 is 0.938 bits per heavy atom. The van der Waals surface area contributed by atoms with Gasteiger partial charge >= 0.3 is 11.9 Å². The molecule has 5 nitrogen and oxygen atoms in total. The van der Waals surface area contributed by atoms with Crippen molar-refractivity contribution in [3.8, 4) is 0 Å². The summed E-state index contributed by atoms with van der Waals surface area (Å²) >= 11 is 0. The molecule has 1 atom stereocenters. The zero-order valence-electron chi connectivity index (χ0n) is 30.7. The quantitative estimate of drug-likeness (QED) is 0.0429. The minimum absolute atomic E-state index is 0.114. The van der Waals surface area contributed by atoms with Gasteiger partial charge in [0, 0.05) is 12.8 Å². The molecule has 0 aromatic carbocycles. The second kappa shape index (κ2) is 38.5. The second-order valence-corrected chi connectivity index (χ2v) is 12.3. The van der Waals surface area contributed by atoms with E-state index in [1.807, 2.05) is 12.2 Å².